The molecule has 1 heterocycles. The van der Waals surface area contributed by atoms with Crippen LogP contribution in [0.2, 0.25) is 0 Å². The highest BCUT2D eigenvalue weighted by Gasteiger charge is 2.34. The van der Waals surface area contributed by atoms with Crippen LogP contribution in [0.1, 0.15) is 44.7 Å². The quantitative estimate of drug-likeness (QED) is 0.621. The Morgan fingerprint density at radius 2 is 1.84 bits per heavy atom. The molecule has 0 aromatic heterocycles. The number of piperidine rings is 1. The number of carbonyl (C=O) groups is 3. The first kappa shape index (κ1) is 19.2. The monoisotopic (exact) mass is 345 g/mol. The molecule has 136 valence electrons. The summed E-state index contributed by atoms with van der Waals surface area (Å²) in [6.45, 7) is 6.93. The number of hydrogen-bond acceptors (Lipinski definition) is 4. The second-order valence-electron chi connectivity index (χ2n) is 7.59. The zero-order valence-electron chi connectivity index (χ0n) is 15.5. The molecule has 1 aromatic carbocycles. The number of carbonyl (C=O) groups excluding carboxylic acids is 3. The van der Waals surface area contributed by atoms with Crippen LogP contribution in [-0.2, 0) is 31.0 Å². The van der Waals surface area contributed by atoms with Crippen LogP contribution in [0.5, 0.6) is 0 Å². The lowest BCUT2D eigenvalue weighted by Crippen LogP contribution is -2.46. The average Bonchev–Trinajstić information content (AvgIpc) is 2.58. The van der Waals surface area contributed by atoms with Gasteiger partial charge in [0.2, 0.25) is 5.91 Å². The maximum atomic E-state index is 12.3. The fourth-order valence-electron chi connectivity index (χ4n) is 3.01. The van der Waals surface area contributed by atoms with Crippen molar-refractivity contribution in [1.29, 1.82) is 0 Å². The van der Waals surface area contributed by atoms with Crippen molar-refractivity contribution >= 4 is 17.7 Å². The molecule has 5 heteroatoms. The third kappa shape index (κ3) is 4.91. The molecule has 0 bridgehead atoms. The van der Waals surface area contributed by atoms with Crippen LogP contribution < -0.4 is 0 Å². The smallest absolute Gasteiger partial charge is 0.316 e. The maximum absolute atomic E-state index is 12.3. The van der Waals surface area contributed by atoms with Gasteiger partial charge >= 0.3 is 5.97 Å². The summed E-state index contributed by atoms with van der Waals surface area (Å²) in [6.07, 6.45) is 1.36. The predicted molar refractivity (Wildman–Crippen MR) is 95.2 cm³/mol. The van der Waals surface area contributed by atoms with Gasteiger partial charge in [-0.15, -0.1) is 0 Å². The molecule has 1 aromatic rings. The Labute approximate surface area is 149 Å². The highest BCUT2D eigenvalue weighted by molar-refractivity contribution is 6.01. The highest BCUT2D eigenvalue weighted by Crippen LogP contribution is 2.23. The van der Waals surface area contributed by atoms with E-state index in [1.54, 1.807) is 4.90 Å². The summed E-state index contributed by atoms with van der Waals surface area (Å²) in [7, 11) is 1.28. The molecule has 0 N–H and O–H groups in total. The van der Waals surface area contributed by atoms with Gasteiger partial charge in [0.05, 0.1) is 13.7 Å². The van der Waals surface area contributed by atoms with Crippen LogP contribution in [-0.4, -0.2) is 42.8 Å². The van der Waals surface area contributed by atoms with Gasteiger partial charge in [0.15, 0.2) is 5.78 Å². The summed E-state index contributed by atoms with van der Waals surface area (Å²) >= 11 is 0. The molecule has 25 heavy (non-hydrogen) atoms. The molecule has 1 aliphatic rings. The Kier molecular flexibility index (Phi) is 5.98. The summed E-state index contributed by atoms with van der Waals surface area (Å²) in [5, 5.41) is 0. The summed E-state index contributed by atoms with van der Waals surface area (Å²) in [5.74, 6) is -1.51. The minimum atomic E-state index is -0.723. The fraction of sp³-hybridized carbons (Fsp3) is 0.550. The van der Waals surface area contributed by atoms with Gasteiger partial charge < -0.3 is 9.64 Å². The van der Waals surface area contributed by atoms with E-state index in [0.717, 1.165) is 5.56 Å². The molecule has 5 nitrogen and oxygen atoms in total. The van der Waals surface area contributed by atoms with E-state index in [-0.39, 0.29) is 23.7 Å². The van der Waals surface area contributed by atoms with E-state index in [1.807, 2.05) is 0 Å². The molecule has 0 aliphatic carbocycles. The zero-order chi connectivity index (χ0) is 18.6. The number of hydrogen-bond donors (Lipinski definition) is 0. The minimum absolute atomic E-state index is 0.00155. The second kappa shape index (κ2) is 7.81. The highest BCUT2D eigenvalue weighted by atomic mass is 16.5. The number of amides is 1. The van der Waals surface area contributed by atoms with Crippen molar-refractivity contribution in [3.63, 3.8) is 0 Å². The molecule has 0 radical (unpaired) electrons. The summed E-state index contributed by atoms with van der Waals surface area (Å²) in [5.41, 5.74) is 2.48. The zero-order valence-corrected chi connectivity index (χ0v) is 15.5. The number of Topliss-reactive ketones (excluding diaryl/α,β-unsaturated/α-hetero) is 1. The first-order chi connectivity index (χ1) is 11.7. The molecule has 2 rings (SSSR count). The van der Waals surface area contributed by atoms with Crippen LogP contribution in [0.4, 0.5) is 0 Å². The maximum Gasteiger partial charge on any atom is 0.316 e. The number of rotatable bonds is 4. The van der Waals surface area contributed by atoms with E-state index in [4.69, 9.17) is 0 Å². The van der Waals surface area contributed by atoms with Gasteiger partial charge in [-0.1, -0.05) is 45.0 Å². The first-order valence-corrected chi connectivity index (χ1v) is 8.70. The van der Waals surface area contributed by atoms with Crippen molar-refractivity contribution in [2.45, 2.75) is 45.4 Å². The van der Waals surface area contributed by atoms with Gasteiger partial charge in [0.25, 0.3) is 0 Å². The van der Waals surface area contributed by atoms with E-state index in [0.29, 0.717) is 25.8 Å². The van der Waals surface area contributed by atoms with E-state index in [9.17, 15) is 14.4 Å². The molecule has 0 spiro atoms. The van der Waals surface area contributed by atoms with Gasteiger partial charge in [-0.3, -0.25) is 14.4 Å². The lowest BCUT2D eigenvalue weighted by Gasteiger charge is -2.29. The molecule has 1 fully saturated rings. The second-order valence-corrected chi connectivity index (χ2v) is 7.59. The van der Waals surface area contributed by atoms with Crippen molar-refractivity contribution in [3.8, 4) is 0 Å². The lowest BCUT2D eigenvalue weighted by atomic mass is 9.86. The van der Waals surface area contributed by atoms with Gasteiger partial charge in [-0.2, -0.15) is 0 Å². The van der Waals surface area contributed by atoms with Crippen molar-refractivity contribution in [1.82, 2.24) is 4.90 Å². The van der Waals surface area contributed by atoms with Crippen LogP contribution in [0.3, 0.4) is 0 Å². The molecule has 1 atom stereocenters. The fourth-order valence-corrected chi connectivity index (χ4v) is 3.01. The van der Waals surface area contributed by atoms with E-state index >= 15 is 0 Å². The van der Waals surface area contributed by atoms with E-state index in [1.165, 1.54) is 12.7 Å². The van der Waals surface area contributed by atoms with Crippen LogP contribution in [0, 0.1) is 5.92 Å². The summed E-state index contributed by atoms with van der Waals surface area (Å²) in [6, 6.07) is 8.32. The molecule has 0 saturated carbocycles. The number of benzene rings is 1. The van der Waals surface area contributed by atoms with Crippen LogP contribution >= 0.6 is 0 Å². The Morgan fingerprint density at radius 3 is 2.36 bits per heavy atom. The largest absolute Gasteiger partial charge is 0.468 e. The Balaban J connectivity index is 1.87. The third-order valence-electron chi connectivity index (χ3n) is 4.71. The Bertz CT molecular complexity index is 643. The number of nitrogens with zero attached hydrogens (tertiary/aromatic N) is 1. The van der Waals surface area contributed by atoms with Crippen molar-refractivity contribution in [3.05, 3.63) is 35.4 Å². The van der Waals surface area contributed by atoms with Gasteiger partial charge in [-0.25, -0.2) is 0 Å². The summed E-state index contributed by atoms with van der Waals surface area (Å²) < 4.78 is 4.63. The minimum Gasteiger partial charge on any atom is -0.468 e. The molecule has 1 aliphatic heterocycles. The van der Waals surface area contributed by atoms with E-state index < -0.39 is 11.9 Å². The van der Waals surface area contributed by atoms with Crippen LogP contribution in [0.15, 0.2) is 24.3 Å². The van der Waals surface area contributed by atoms with Gasteiger partial charge in [-0.05, 0) is 29.4 Å². The molecule has 1 unspecified atom stereocenters. The first-order valence-electron chi connectivity index (χ1n) is 8.70. The molecular weight excluding hydrogens is 318 g/mol. The van der Waals surface area contributed by atoms with Crippen molar-refractivity contribution in [2.24, 2.45) is 5.92 Å². The number of esters is 1. The molecule has 1 amide bonds. The average molecular weight is 345 g/mol. The van der Waals surface area contributed by atoms with Crippen molar-refractivity contribution < 1.29 is 19.1 Å². The predicted octanol–water partition coefficient (Wildman–Crippen LogP) is 2.51. The number of methoxy groups -OCH3 is 1. The molecule has 1 saturated heterocycles. The number of ketones is 1. The Hall–Kier alpha value is -2.17. The van der Waals surface area contributed by atoms with E-state index in [2.05, 4.69) is 49.8 Å². The van der Waals surface area contributed by atoms with Crippen LogP contribution in [0.25, 0.3) is 0 Å². The topological polar surface area (TPSA) is 63.7 Å². The normalized spacial score (nSPS) is 18.2. The number of likely N-dealkylation sites (tertiary alicyclic amines) is 1. The SMILES string of the molecule is COC(=O)C1CCN(C(=O)CCc2ccc(C(C)(C)C)cc2)CC1=O. The third-order valence-corrected chi connectivity index (χ3v) is 4.71. The molecular formula is C20H27NO4. The number of aryl methyl sites for hydroxylation is 1. The van der Waals surface area contributed by atoms with Crippen molar-refractivity contribution in [2.75, 3.05) is 20.2 Å². The summed E-state index contributed by atoms with van der Waals surface area (Å²) in [4.78, 5) is 37.4. The van der Waals surface area contributed by atoms with Gasteiger partial charge in [0.1, 0.15) is 5.92 Å². The number of ether oxygens (including phenoxy) is 1. The standard InChI is InChI=1S/C20H27NO4/c1-20(2,3)15-8-5-14(6-9-15)7-10-18(23)21-12-11-16(17(22)13-21)19(24)25-4/h5-6,8-9,16H,7,10-13H2,1-4H3. The van der Waals surface area contributed by atoms with Gasteiger partial charge in [0, 0.05) is 13.0 Å². The lowest BCUT2D eigenvalue weighted by molar-refractivity contribution is -0.154. The Morgan fingerprint density at radius 1 is 1.20 bits per heavy atom.